The minimum absolute atomic E-state index is 0.0261. The minimum atomic E-state index is -0.506. The van der Waals surface area contributed by atoms with Crippen LogP contribution in [0.25, 0.3) is 0 Å². The highest BCUT2D eigenvalue weighted by Gasteiger charge is 2.41. The van der Waals surface area contributed by atoms with Gasteiger partial charge < -0.3 is 10.1 Å². The van der Waals surface area contributed by atoms with E-state index in [1.165, 1.54) is 0 Å². The first-order valence-corrected chi connectivity index (χ1v) is 11.7. The Morgan fingerprint density at radius 2 is 1.65 bits per heavy atom. The van der Waals surface area contributed by atoms with Crippen LogP contribution in [-0.4, -0.2) is 18.8 Å². The first kappa shape index (κ1) is 22.0. The molecule has 0 spiro atoms. The van der Waals surface area contributed by atoms with E-state index in [1.807, 2.05) is 73.7 Å². The molecule has 0 saturated heterocycles. The molecule has 0 aromatic heterocycles. The van der Waals surface area contributed by atoms with Gasteiger partial charge in [-0.2, -0.15) is 0 Å². The normalized spacial score (nSPS) is 19.6. The number of amides is 1. The SMILES string of the molecule is CCC(=O)N1c2ccccc2NC2=C(C(=O)C[C@H](c3ccccc3)C2)[C@H]1c1ccc(OC)cc1. The van der Waals surface area contributed by atoms with Gasteiger partial charge in [0.15, 0.2) is 5.78 Å². The second-order valence-corrected chi connectivity index (χ2v) is 8.77. The molecule has 1 N–H and O–H groups in total. The van der Waals surface area contributed by atoms with E-state index in [1.54, 1.807) is 12.0 Å². The van der Waals surface area contributed by atoms with Crippen LogP contribution in [0.2, 0.25) is 0 Å². The second-order valence-electron chi connectivity index (χ2n) is 8.77. The van der Waals surface area contributed by atoms with Crippen molar-refractivity contribution >= 4 is 23.1 Å². The van der Waals surface area contributed by atoms with Gasteiger partial charge in [-0.25, -0.2) is 0 Å². The zero-order chi connectivity index (χ0) is 23.7. The van der Waals surface area contributed by atoms with Crippen molar-refractivity contribution in [1.82, 2.24) is 0 Å². The maximum absolute atomic E-state index is 13.8. The minimum Gasteiger partial charge on any atom is -0.497 e. The number of methoxy groups -OCH3 is 1. The van der Waals surface area contributed by atoms with Crippen molar-refractivity contribution in [2.24, 2.45) is 0 Å². The fraction of sp³-hybridized carbons (Fsp3) is 0.241. The summed E-state index contributed by atoms with van der Waals surface area (Å²) in [6.07, 6.45) is 1.46. The second kappa shape index (κ2) is 9.18. The number of allylic oxidation sites excluding steroid dienone is 1. The smallest absolute Gasteiger partial charge is 0.227 e. The van der Waals surface area contributed by atoms with E-state index in [9.17, 15) is 9.59 Å². The summed E-state index contributed by atoms with van der Waals surface area (Å²) in [5.41, 5.74) is 5.24. The monoisotopic (exact) mass is 452 g/mol. The maximum Gasteiger partial charge on any atom is 0.227 e. The molecule has 2 atom stereocenters. The number of rotatable bonds is 4. The number of nitrogens with one attached hydrogen (secondary N) is 1. The molecule has 34 heavy (non-hydrogen) atoms. The van der Waals surface area contributed by atoms with E-state index in [-0.39, 0.29) is 17.6 Å². The van der Waals surface area contributed by atoms with Gasteiger partial charge in [0.1, 0.15) is 5.75 Å². The van der Waals surface area contributed by atoms with Gasteiger partial charge in [0.2, 0.25) is 5.91 Å². The number of benzene rings is 3. The molecule has 0 fully saturated rings. The number of fused-ring (bicyclic) bond motifs is 1. The molecule has 1 amide bonds. The van der Waals surface area contributed by atoms with E-state index < -0.39 is 6.04 Å². The molecule has 5 rings (SSSR count). The Morgan fingerprint density at radius 1 is 0.941 bits per heavy atom. The summed E-state index contributed by atoms with van der Waals surface area (Å²) in [5.74, 6) is 0.876. The molecule has 172 valence electrons. The number of para-hydroxylation sites is 2. The molecule has 1 aliphatic heterocycles. The number of nitrogens with zero attached hydrogens (tertiary/aromatic N) is 1. The number of hydrogen-bond donors (Lipinski definition) is 1. The summed E-state index contributed by atoms with van der Waals surface area (Å²) in [4.78, 5) is 29.0. The topological polar surface area (TPSA) is 58.6 Å². The average molecular weight is 453 g/mol. The van der Waals surface area contributed by atoms with Gasteiger partial charge in [-0.3, -0.25) is 14.5 Å². The third-order valence-electron chi connectivity index (χ3n) is 6.76. The van der Waals surface area contributed by atoms with Gasteiger partial charge in [0.25, 0.3) is 0 Å². The predicted octanol–water partition coefficient (Wildman–Crippen LogP) is 6.01. The number of carbonyl (C=O) groups excluding carboxylic acids is 2. The number of Topliss-reactive ketones (excluding diaryl/α,β-unsaturated/α-hetero) is 1. The largest absolute Gasteiger partial charge is 0.497 e. The molecule has 5 heteroatoms. The molecular formula is C29H28N2O3. The number of ether oxygens (including phenoxy) is 1. The molecule has 3 aromatic rings. The van der Waals surface area contributed by atoms with Crippen LogP contribution in [0.5, 0.6) is 5.75 Å². The summed E-state index contributed by atoms with van der Waals surface area (Å²) >= 11 is 0. The fourth-order valence-electron chi connectivity index (χ4n) is 5.10. The van der Waals surface area contributed by atoms with E-state index in [0.717, 1.165) is 33.9 Å². The maximum atomic E-state index is 13.8. The molecule has 0 unspecified atom stereocenters. The molecule has 0 radical (unpaired) electrons. The van der Waals surface area contributed by atoms with Gasteiger partial charge in [-0.15, -0.1) is 0 Å². The molecule has 0 saturated carbocycles. The van der Waals surface area contributed by atoms with Crippen molar-refractivity contribution in [3.05, 3.63) is 101 Å². The van der Waals surface area contributed by atoms with E-state index >= 15 is 0 Å². The number of ketones is 1. The zero-order valence-corrected chi connectivity index (χ0v) is 19.5. The van der Waals surface area contributed by atoms with Gasteiger partial charge in [-0.1, -0.05) is 61.5 Å². The first-order valence-electron chi connectivity index (χ1n) is 11.7. The molecule has 2 aliphatic rings. The summed E-state index contributed by atoms with van der Waals surface area (Å²) in [7, 11) is 1.63. The molecule has 1 heterocycles. The Hall–Kier alpha value is -3.86. The van der Waals surface area contributed by atoms with Crippen molar-refractivity contribution < 1.29 is 14.3 Å². The van der Waals surface area contributed by atoms with Crippen LogP contribution >= 0.6 is 0 Å². The number of carbonyl (C=O) groups is 2. The highest BCUT2D eigenvalue weighted by atomic mass is 16.5. The van der Waals surface area contributed by atoms with Crippen molar-refractivity contribution in [3.63, 3.8) is 0 Å². The van der Waals surface area contributed by atoms with Gasteiger partial charge in [0.05, 0.1) is 24.5 Å². The third kappa shape index (κ3) is 3.87. The lowest BCUT2D eigenvalue weighted by molar-refractivity contribution is -0.119. The average Bonchev–Trinajstić information content (AvgIpc) is 3.03. The third-order valence-corrected chi connectivity index (χ3v) is 6.76. The standard InChI is InChI=1S/C29H28N2O3/c1-3-27(33)31-25-12-8-7-11-23(25)30-24-17-21(19-9-5-4-6-10-19)18-26(32)28(24)29(31)20-13-15-22(34-2)16-14-20/h4-16,21,29-30H,3,17-18H2,1-2H3/t21-,29-/m1/s1. The van der Waals surface area contributed by atoms with Gasteiger partial charge >= 0.3 is 0 Å². The molecule has 5 nitrogen and oxygen atoms in total. The van der Waals surface area contributed by atoms with Crippen LogP contribution in [0.1, 0.15) is 49.3 Å². The van der Waals surface area contributed by atoms with Gasteiger partial charge in [-0.05, 0) is 47.7 Å². The van der Waals surface area contributed by atoms with Crippen LogP contribution in [0, 0.1) is 0 Å². The predicted molar refractivity (Wildman–Crippen MR) is 134 cm³/mol. The first-order chi connectivity index (χ1) is 16.6. The number of hydrogen-bond acceptors (Lipinski definition) is 4. The molecular weight excluding hydrogens is 424 g/mol. The fourth-order valence-corrected chi connectivity index (χ4v) is 5.10. The lowest BCUT2D eigenvalue weighted by Crippen LogP contribution is -2.38. The van der Waals surface area contributed by atoms with Crippen LogP contribution in [0.3, 0.4) is 0 Å². The summed E-state index contributed by atoms with van der Waals surface area (Å²) in [6, 6.07) is 25.2. The Balaban J connectivity index is 1.70. The molecule has 1 aliphatic carbocycles. The Morgan fingerprint density at radius 3 is 2.35 bits per heavy atom. The van der Waals surface area contributed by atoms with Crippen molar-refractivity contribution in [1.29, 1.82) is 0 Å². The number of anilines is 2. The van der Waals surface area contributed by atoms with Crippen LogP contribution in [0.15, 0.2) is 90.1 Å². The summed E-state index contributed by atoms with van der Waals surface area (Å²) in [6.45, 7) is 1.86. The highest BCUT2D eigenvalue weighted by Crippen LogP contribution is 2.47. The van der Waals surface area contributed by atoms with Crippen molar-refractivity contribution in [2.75, 3.05) is 17.3 Å². The lowest BCUT2D eigenvalue weighted by Gasteiger charge is -2.35. The zero-order valence-electron chi connectivity index (χ0n) is 19.5. The lowest BCUT2D eigenvalue weighted by atomic mass is 9.78. The van der Waals surface area contributed by atoms with Crippen LogP contribution < -0.4 is 15.0 Å². The Bertz CT molecular complexity index is 1250. The quantitative estimate of drug-likeness (QED) is 0.527. The van der Waals surface area contributed by atoms with E-state index in [2.05, 4.69) is 17.4 Å². The molecule has 0 bridgehead atoms. The Kier molecular flexibility index (Phi) is 5.93. The highest BCUT2D eigenvalue weighted by molar-refractivity contribution is 6.06. The van der Waals surface area contributed by atoms with E-state index in [4.69, 9.17) is 4.74 Å². The molecule has 3 aromatic carbocycles. The van der Waals surface area contributed by atoms with Crippen molar-refractivity contribution in [2.45, 2.75) is 38.1 Å². The summed E-state index contributed by atoms with van der Waals surface area (Å²) < 4.78 is 5.35. The van der Waals surface area contributed by atoms with Gasteiger partial charge in [0, 0.05) is 24.1 Å². The van der Waals surface area contributed by atoms with Crippen LogP contribution in [0.4, 0.5) is 11.4 Å². The Labute approximate surface area is 200 Å². The van der Waals surface area contributed by atoms with E-state index in [0.29, 0.717) is 24.8 Å². The summed E-state index contributed by atoms with van der Waals surface area (Å²) in [5, 5.41) is 3.56. The van der Waals surface area contributed by atoms with Crippen molar-refractivity contribution in [3.8, 4) is 5.75 Å². The van der Waals surface area contributed by atoms with Crippen LogP contribution in [-0.2, 0) is 9.59 Å².